The Kier molecular flexibility index (Phi) is 5.50. The summed E-state index contributed by atoms with van der Waals surface area (Å²) in [5, 5.41) is 11.1. The summed E-state index contributed by atoms with van der Waals surface area (Å²) in [4.78, 5) is 17.7. The van der Waals surface area contributed by atoms with E-state index >= 15 is 0 Å². The lowest BCUT2D eigenvalue weighted by molar-refractivity contribution is 0.0191. The summed E-state index contributed by atoms with van der Waals surface area (Å²) in [6, 6.07) is 11.0. The van der Waals surface area contributed by atoms with Gasteiger partial charge in [-0.05, 0) is 56.5 Å². The van der Waals surface area contributed by atoms with Crippen LogP contribution in [0, 0.1) is 0 Å². The molecule has 0 spiro atoms. The third-order valence-corrected chi connectivity index (χ3v) is 5.32. The zero-order valence-corrected chi connectivity index (χ0v) is 17.4. The van der Waals surface area contributed by atoms with E-state index in [9.17, 15) is 4.79 Å². The lowest BCUT2D eigenvalue weighted by Gasteiger charge is -2.24. The van der Waals surface area contributed by atoms with Crippen LogP contribution in [0.5, 0.6) is 5.75 Å². The zero-order chi connectivity index (χ0) is 21.1. The first-order valence-electron chi connectivity index (χ1n) is 9.97. The van der Waals surface area contributed by atoms with Crippen LogP contribution in [-0.2, 0) is 16.9 Å². The number of anilines is 1. The predicted octanol–water partition coefficient (Wildman–Crippen LogP) is 3.65. The molecule has 1 amide bonds. The van der Waals surface area contributed by atoms with Crippen molar-refractivity contribution in [2.45, 2.75) is 38.8 Å². The van der Waals surface area contributed by atoms with Crippen LogP contribution in [0.1, 0.15) is 42.6 Å². The standard InChI is InChI=1S/C22H25N5O3/c1-22(2,29-3)15-9-10-18-16(13-15)21(28)25-19-8-6-7-17(24-19)20-26-23-14-27(20)11-4-5-12-30-18/h6-10,13-14H,4-5,11-12H2,1-3H3,(H,24,25,28). The molecule has 0 atom stereocenters. The van der Waals surface area contributed by atoms with Gasteiger partial charge in [0, 0.05) is 13.7 Å². The van der Waals surface area contributed by atoms with Crippen LogP contribution in [0.4, 0.5) is 5.82 Å². The zero-order valence-electron chi connectivity index (χ0n) is 17.4. The van der Waals surface area contributed by atoms with E-state index in [1.54, 1.807) is 19.5 Å². The number of aryl methyl sites for hydroxylation is 1. The Balaban J connectivity index is 1.74. The monoisotopic (exact) mass is 407 g/mol. The molecule has 3 heterocycles. The Morgan fingerprint density at radius 3 is 2.90 bits per heavy atom. The average Bonchev–Trinajstić information content (AvgIpc) is 3.21. The number of pyridine rings is 1. The van der Waals surface area contributed by atoms with Gasteiger partial charge in [-0.2, -0.15) is 0 Å². The van der Waals surface area contributed by atoms with E-state index in [1.165, 1.54) is 0 Å². The first kappa shape index (κ1) is 20.0. The molecule has 0 saturated carbocycles. The molecule has 1 aromatic carbocycles. The Morgan fingerprint density at radius 1 is 1.20 bits per heavy atom. The molecule has 8 nitrogen and oxygen atoms in total. The van der Waals surface area contributed by atoms with Crippen LogP contribution < -0.4 is 10.1 Å². The minimum absolute atomic E-state index is 0.290. The van der Waals surface area contributed by atoms with Gasteiger partial charge in [-0.1, -0.05) is 12.1 Å². The lowest BCUT2D eigenvalue weighted by Crippen LogP contribution is -2.22. The van der Waals surface area contributed by atoms with Crippen LogP contribution in [0.15, 0.2) is 42.7 Å². The largest absolute Gasteiger partial charge is 0.493 e. The van der Waals surface area contributed by atoms with Gasteiger partial charge in [0.15, 0.2) is 5.82 Å². The van der Waals surface area contributed by atoms with Crippen molar-refractivity contribution >= 4 is 11.7 Å². The number of fused-ring (bicyclic) bond motifs is 5. The molecule has 2 bridgehead atoms. The molecule has 156 valence electrons. The molecule has 0 aliphatic carbocycles. The Labute approximate surface area is 175 Å². The highest BCUT2D eigenvalue weighted by Crippen LogP contribution is 2.30. The van der Waals surface area contributed by atoms with Crippen LogP contribution in [0.2, 0.25) is 0 Å². The molecule has 0 unspecified atom stereocenters. The quantitative estimate of drug-likeness (QED) is 0.697. The van der Waals surface area contributed by atoms with E-state index in [0.29, 0.717) is 35.3 Å². The van der Waals surface area contributed by atoms with E-state index in [-0.39, 0.29) is 5.91 Å². The number of rotatable bonds is 2. The maximum absolute atomic E-state index is 13.1. The number of ether oxygens (including phenoxy) is 2. The summed E-state index contributed by atoms with van der Waals surface area (Å²) in [5.41, 5.74) is 1.47. The molecular formula is C22H25N5O3. The molecular weight excluding hydrogens is 382 g/mol. The van der Waals surface area contributed by atoms with Gasteiger partial charge in [0.1, 0.15) is 23.6 Å². The Bertz CT molecular complexity index is 1060. The van der Waals surface area contributed by atoms with Crippen molar-refractivity contribution in [1.29, 1.82) is 0 Å². The van der Waals surface area contributed by atoms with Gasteiger partial charge in [-0.3, -0.25) is 4.79 Å². The smallest absolute Gasteiger partial charge is 0.260 e. The molecule has 0 saturated heterocycles. The second-order valence-corrected chi connectivity index (χ2v) is 7.69. The maximum atomic E-state index is 13.1. The molecule has 1 aliphatic rings. The van der Waals surface area contributed by atoms with Gasteiger partial charge in [0.25, 0.3) is 5.91 Å². The van der Waals surface area contributed by atoms with Gasteiger partial charge >= 0.3 is 0 Å². The fourth-order valence-corrected chi connectivity index (χ4v) is 3.32. The van der Waals surface area contributed by atoms with Gasteiger partial charge in [0.2, 0.25) is 0 Å². The van der Waals surface area contributed by atoms with Crippen molar-refractivity contribution in [3.8, 4) is 17.3 Å². The lowest BCUT2D eigenvalue weighted by atomic mass is 9.95. The fraction of sp³-hybridized carbons (Fsp3) is 0.364. The second-order valence-electron chi connectivity index (χ2n) is 7.69. The summed E-state index contributed by atoms with van der Waals surface area (Å²) in [6.45, 7) is 5.18. The summed E-state index contributed by atoms with van der Waals surface area (Å²) >= 11 is 0. The molecule has 0 radical (unpaired) electrons. The third kappa shape index (κ3) is 4.04. The number of benzene rings is 1. The van der Waals surface area contributed by atoms with E-state index in [0.717, 1.165) is 24.9 Å². The number of amides is 1. The molecule has 30 heavy (non-hydrogen) atoms. The highest BCUT2D eigenvalue weighted by atomic mass is 16.5. The molecule has 1 aliphatic heterocycles. The van der Waals surface area contributed by atoms with Crippen LogP contribution in [-0.4, -0.2) is 39.4 Å². The molecule has 1 N–H and O–H groups in total. The second kappa shape index (κ2) is 8.23. The highest BCUT2D eigenvalue weighted by molar-refractivity contribution is 6.06. The van der Waals surface area contributed by atoms with Crippen molar-refractivity contribution in [2.75, 3.05) is 19.0 Å². The van der Waals surface area contributed by atoms with Crippen LogP contribution in [0.25, 0.3) is 11.5 Å². The van der Waals surface area contributed by atoms with Crippen LogP contribution >= 0.6 is 0 Å². The molecule has 4 rings (SSSR count). The van der Waals surface area contributed by atoms with Crippen LogP contribution in [0.3, 0.4) is 0 Å². The number of nitrogens with one attached hydrogen (secondary N) is 1. The van der Waals surface area contributed by atoms with Gasteiger partial charge in [-0.15, -0.1) is 10.2 Å². The van der Waals surface area contributed by atoms with Crippen molar-refractivity contribution in [2.24, 2.45) is 0 Å². The van der Waals surface area contributed by atoms with Crippen molar-refractivity contribution < 1.29 is 14.3 Å². The minimum Gasteiger partial charge on any atom is -0.493 e. The van der Waals surface area contributed by atoms with Gasteiger partial charge in [-0.25, -0.2) is 4.98 Å². The maximum Gasteiger partial charge on any atom is 0.260 e. The van der Waals surface area contributed by atoms with E-state index in [2.05, 4.69) is 20.5 Å². The summed E-state index contributed by atoms with van der Waals surface area (Å²) in [5.74, 6) is 1.36. The summed E-state index contributed by atoms with van der Waals surface area (Å²) in [7, 11) is 1.65. The van der Waals surface area contributed by atoms with E-state index < -0.39 is 5.60 Å². The number of carbonyl (C=O) groups is 1. The number of hydrogen-bond donors (Lipinski definition) is 1. The number of nitrogens with zero attached hydrogens (tertiary/aromatic N) is 4. The van der Waals surface area contributed by atoms with E-state index in [4.69, 9.17) is 9.47 Å². The van der Waals surface area contributed by atoms with Crippen molar-refractivity contribution in [1.82, 2.24) is 19.7 Å². The predicted molar refractivity (Wildman–Crippen MR) is 112 cm³/mol. The Morgan fingerprint density at radius 2 is 2.07 bits per heavy atom. The van der Waals surface area contributed by atoms with Gasteiger partial charge < -0.3 is 19.4 Å². The summed E-state index contributed by atoms with van der Waals surface area (Å²) < 4.78 is 13.5. The molecule has 8 heteroatoms. The first-order valence-corrected chi connectivity index (χ1v) is 9.97. The molecule has 2 aromatic heterocycles. The highest BCUT2D eigenvalue weighted by Gasteiger charge is 2.23. The first-order chi connectivity index (χ1) is 14.5. The third-order valence-electron chi connectivity index (χ3n) is 5.32. The Hall–Kier alpha value is -3.26. The summed E-state index contributed by atoms with van der Waals surface area (Å²) in [6.07, 6.45) is 3.42. The normalized spacial score (nSPS) is 14.7. The van der Waals surface area contributed by atoms with Gasteiger partial charge in [0.05, 0.1) is 17.8 Å². The van der Waals surface area contributed by atoms with Crippen molar-refractivity contribution in [3.05, 3.63) is 53.9 Å². The van der Waals surface area contributed by atoms with E-state index in [1.807, 2.05) is 48.7 Å². The molecule has 0 fully saturated rings. The number of aromatic nitrogens is 4. The number of carbonyl (C=O) groups excluding carboxylic acids is 1. The fourth-order valence-electron chi connectivity index (χ4n) is 3.32. The number of methoxy groups -OCH3 is 1. The minimum atomic E-state index is -0.531. The number of hydrogen-bond acceptors (Lipinski definition) is 6. The SMILES string of the molecule is COC(C)(C)c1ccc2c(c1)C(=O)Nc1cccc(n1)-c1nncn1CCCCO2. The topological polar surface area (TPSA) is 91.2 Å². The molecule has 3 aromatic rings. The van der Waals surface area contributed by atoms with Crippen molar-refractivity contribution in [3.63, 3.8) is 0 Å². The average molecular weight is 407 g/mol.